The summed E-state index contributed by atoms with van der Waals surface area (Å²) in [6, 6.07) is 12.6. The highest BCUT2D eigenvalue weighted by atomic mass is 79.9. The van der Waals surface area contributed by atoms with E-state index < -0.39 is 0 Å². The van der Waals surface area contributed by atoms with E-state index in [0.29, 0.717) is 0 Å². The van der Waals surface area contributed by atoms with Crippen molar-refractivity contribution in [3.63, 3.8) is 0 Å². The number of hydrogen-bond donors (Lipinski definition) is 1. The van der Waals surface area contributed by atoms with Crippen LogP contribution in [0.3, 0.4) is 0 Å². The molecule has 106 valence electrons. The van der Waals surface area contributed by atoms with Gasteiger partial charge in [-0.1, -0.05) is 30.3 Å². The van der Waals surface area contributed by atoms with Crippen LogP contribution < -0.4 is 5.32 Å². The third-order valence-electron chi connectivity index (χ3n) is 3.68. The molecule has 1 atom stereocenters. The van der Waals surface area contributed by atoms with Gasteiger partial charge in [-0.15, -0.1) is 21.5 Å². The molecule has 1 aliphatic rings. The fraction of sp³-hybridized carbons (Fsp3) is 0.200. The summed E-state index contributed by atoms with van der Waals surface area (Å²) in [4.78, 5) is 0. The number of aromatic nitrogens is 3. The van der Waals surface area contributed by atoms with Crippen molar-refractivity contribution in [1.29, 1.82) is 0 Å². The third kappa shape index (κ3) is 2.33. The Kier molecular flexibility index (Phi) is 3.37. The zero-order valence-corrected chi connectivity index (χ0v) is 13.6. The summed E-state index contributed by atoms with van der Waals surface area (Å²) in [6.07, 6.45) is 0. The van der Waals surface area contributed by atoms with Gasteiger partial charge in [0.05, 0.1) is 9.83 Å². The predicted octanol–water partition coefficient (Wildman–Crippen LogP) is 3.46. The highest BCUT2D eigenvalue weighted by Crippen LogP contribution is 2.31. The first-order valence-corrected chi connectivity index (χ1v) is 8.46. The van der Waals surface area contributed by atoms with Crippen LogP contribution in [0.4, 0.5) is 0 Å². The number of fused-ring (bicyclic) bond motifs is 1. The van der Waals surface area contributed by atoms with Crippen molar-refractivity contribution in [3.8, 4) is 11.4 Å². The van der Waals surface area contributed by atoms with Crippen molar-refractivity contribution in [1.82, 2.24) is 20.1 Å². The summed E-state index contributed by atoms with van der Waals surface area (Å²) in [5.74, 6) is 1.94. The van der Waals surface area contributed by atoms with Crippen LogP contribution in [-0.2, 0) is 6.54 Å². The van der Waals surface area contributed by atoms with Gasteiger partial charge in [0, 0.05) is 24.0 Å². The first-order chi connectivity index (χ1) is 10.3. The number of thiophene rings is 1. The number of hydrogen-bond acceptors (Lipinski definition) is 4. The lowest BCUT2D eigenvalue weighted by Crippen LogP contribution is -2.34. The zero-order valence-electron chi connectivity index (χ0n) is 11.2. The summed E-state index contributed by atoms with van der Waals surface area (Å²) >= 11 is 5.18. The lowest BCUT2D eigenvalue weighted by Gasteiger charge is -2.25. The van der Waals surface area contributed by atoms with E-state index >= 15 is 0 Å². The van der Waals surface area contributed by atoms with E-state index in [4.69, 9.17) is 0 Å². The van der Waals surface area contributed by atoms with E-state index in [1.54, 1.807) is 11.3 Å². The van der Waals surface area contributed by atoms with Crippen LogP contribution in [-0.4, -0.2) is 21.3 Å². The Morgan fingerprint density at radius 3 is 2.86 bits per heavy atom. The second-order valence-corrected chi connectivity index (χ2v) is 7.26. The van der Waals surface area contributed by atoms with E-state index in [0.717, 1.165) is 34.1 Å². The van der Waals surface area contributed by atoms with Crippen LogP contribution in [0.2, 0.25) is 0 Å². The summed E-state index contributed by atoms with van der Waals surface area (Å²) in [7, 11) is 0. The molecule has 3 aromatic rings. The standard InChI is InChI=1S/C15H13BrN4S/c16-12-8-11(9-21-12)14-18-19-15-13(17-6-7-20(14)15)10-4-2-1-3-5-10/h1-5,8-9,13,17H,6-7H2. The summed E-state index contributed by atoms with van der Waals surface area (Å²) < 4.78 is 3.34. The second-order valence-electron chi connectivity index (χ2n) is 4.97. The number of benzene rings is 1. The van der Waals surface area contributed by atoms with Crippen LogP contribution in [0.1, 0.15) is 17.4 Å². The SMILES string of the molecule is Brc1cc(-c2nnc3n2CCNC3c2ccccc2)cs1. The number of nitrogens with zero attached hydrogens (tertiary/aromatic N) is 3. The van der Waals surface area contributed by atoms with Gasteiger partial charge in [-0.25, -0.2) is 0 Å². The summed E-state index contributed by atoms with van der Waals surface area (Å²) in [5, 5.41) is 14.5. The quantitative estimate of drug-likeness (QED) is 0.760. The fourth-order valence-electron chi connectivity index (χ4n) is 2.71. The largest absolute Gasteiger partial charge is 0.308 e. The Balaban J connectivity index is 1.79. The van der Waals surface area contributed by atoms with Gasteiger partial charge in [0.2, 0.25) is 0 Å². The molecule has 2 aromatic heterocycles. The summed E-state index contributed by atoms with van der Waals surface area (Å²) in [5.41, 5.74) is 2.35. The van der Waals surface area contributed by atoms with Crippen molar-refractivity contribution in [3.05, 3.63) is 57.0 Å². The molecule has 0 saturated heterocycles. The average Bonchev–Trinajstić information content (AvgIpc) is 3.13. The van der Waals surface area contributed by atoms with Gasteiger partial charge in [0.15, 0.2) is 11.6 Å². The van der Waals surface area contributed by atoms with Crippen molar-refractivity contribution in [2.75, 3.05) is 6.54 Å². The van der Waals surface area contributed by atoms with Gasteiger partial charge < -0.3 is 9.88 Å². The minimum Gasteiger partial charge on any atom is -0.308 e. The molecule has 21 heavy (non-hydrogen) atoms. The van der Waals surface area contributed by atoms with Crippen LogP contribution in [0.25, 0.3) is 11.4 Å². The summed E-state index contributed by atoms with van der Waals surface area (Å²) in [6.45, 7) is 1.82. The molecule has 1 N–H and O–H groups in total. The predicted molar refractivity (Wildman–Crippen MR) is 87.3 cm³/mol. The Morgan fingerprint density at radius 2 is 2.10 bits per heavy atom. The Labute approximate surface area is 135 Å². The van der Waals surface area contributed by atoms with Crippen molar-refractivity contribution < 1.29 is 0 Å². The topological polar surface area (TPSA) is 42.7 Å². The van der Waals surface area contributed by atoms with Gasteiger partial charge in [-0.2, -0.15) is 0 Å². The number of halogens is 1. The molecule has 1 aromatic carbocycles. The maximum atomic E-state index is 4.44. The van der Waals surface area contributed by atoms with E-state index in [9.17, 15) is 0 Å². The zero-order chi connectivity index (χ0) is 14.2. The highest BCUT2D eigenvalue weighted by molar-refractivity contribution is 9.11. The van der Waals surface area contributed by atoms with E-state index in [1.165, 1.54) is 5.56 Å². The molecule has 0 aliphatic carbocycles. The number of rotatable bonds is 2. The molecule has 0 spiro atoms. The minimum absolute atomic E-state index is 0.114. The Bertz CT molecular complexity index is 765. The van der Waals surface area contributed by atoms with Crippen molar-refractivity contribution in [2.45, 2.75) is 12.6 Å². The van der Waals surface area contributed by atoms with E-state index in [-0.39, 0.29) is 6.04 Å². The first-order valence-electron chi connectivity index (χ1n) is 6.79. The molecule has 0 radical (unpaired) electrons. The smallest absolute Gasteiger partial charge is 0.164 e. The molecule has 1 unspecified atom stereocenters. The second kappa shape index (κ2) is 5.36. The third-order valence-corrected chi connectivity index (χ3v) is 5.18. The van der Waals surface area contributed by atoms with E-state index in [1.807, 2.05) is 6.07 Å². The monoisotopic (exact) mass is 360 g/mol. The van der Waals surface area contributed by atoms with Crippen molar-refractivity contribution >= 4 is 27.3 Å². The first kappa shape index (κ1) is 13.2. The molecule has 4 nitrogen and oxygen atoms in total. The lowest BCUT2D eigenvalue weighted by atomic mass is 10.0. The average molecular weight is 361 g/mol. The van der Waals surface area contributed by atoms with Crippen LogP contribution in [0.5, 0.6) is 0 Å². The fourth-order valence-corrected chi connectivity index (χ4v) is 3.85. The Hall–Kier alpha value is -1.50. The Morgan fingerprint density at radius 1 is 1.24 bits per heavy atom. The van der Waals surface area contributed by atoms with Gasteiger partial charge in [0.1, 0.15) is 0 Å². The molecular weight excluding hydrogens is 348 g/mol. The molecular formula is C15H13BrN4S. The maximum Gasteiger partial charge on any atom is 0.164 e. The molecule has 1 aliphatic heterocycles. The minimum atomic E-state index is 0.114. The molecule has 0 bridgehead atoms. The van der Waals surface area contributed by atoms with Crippen LogP contribution in [0, 0.1) is 0 Å². The molecule has 3 heterocycles. The van der Waals surface area contributed by atoms with E-state index in [2.05, 4.69) is 71.7 Å². The number of nitrogens with one attached hydrogen (secondary N) is 1. The van der Waals surface area contributed by atoms with Gasteiger partial charge in [-0.3, -0.25) is 0 Å². The molecule has 0 amide bonds. The molecule has 6 heteroatoms. The van der Waals surface area contributed by atoms with Gasteiger partial charge >= 0.3 is 0 Å². The van der Waals surface area contributed by atoms with Crippen LogP contribution in [0.15, 0.2) is 45.6 Å². The van der Waals surface area contributed by atoms with Crippen LogP contribution >= 0.6 is 27.3 Å². The maximum absolute atomic E-state index is 4.44. The molecule has 0 fully saturated rings. The van der Waals surface area contributed by atoms with Gasteiger partial charge in [-0.05, 0) is 27.6 Å². The normalized spacial score (nSPS) is 17.7. The molecule has 0 saturated carbocycles. The van der Waals surface area contributed by atoms with Crippen molar-refractivity contribution in [2.24, 2.45) is 0 Å². The van der Waals surface area contributed by atoms with Gasteiger partial charge in [0.25, 0.3) is 0 Å². The molecule has 4 rings (SSSR count). The highest BCUT2D eigenvalue weighted by Gasteiger charge is 2.26. The lowest BCUT2D eigenvalue weighted by molar-refractivity contribution is 0.458.